The van der Waals surface area contributed by atoms with Crippen molar-refractivity contribution in [3.05, 3.63) is 58.3 Å². The van der Waals surface area contributed by atoms with Gasteiger partial charge in [-0.3, -0.25) is 0 Å². The molecule has 0 radical (unpaired) electrons. The predicted molar refractivity (Wildman–Crippen MR) is 99.5 cm³/mol. The van der Waals surface area contributed by atoms with Crippen molar-refractivity contribution in [3.8, 4) is 0 Å². The lowest BCUT2D eigenvalue weighted by molar-refractivity contribution is 0.400. The molecule has 0 saturated heterocycles. The first kappa shape index (κ1) is 16.9. The van der Waals surface area contributed by atoms with E-state index in [1.807, 2.05) is 6.07 Å². The Balaban J connectivity index is 1.94. The Bertz CT molecular complexity index is 553. The Morgan fingerprint density at radius 3 is 2.59 bits per heavy atom. The Morgan fingerprint density at radius 1 is 1.18 bits per heavy atom. The molecule has 0 spiro atoms. The third-order valence-corrected chi connectivity index (χ3v) is 4.50. The molecule has 3 nitrogen and oxygen atoms in total. The zero-order valence-corrected chi connectivity index (χ0v) is 14.7. The van der Waals surface area contributed by atoms with E-state index in [0.29, 0.717) is 5.11 Å². The summed E-state index contributed by atoms with van der Waals surface area (Å²) in [5.41, 5.74) is 1.22. The van der Waals surface area contributed by atoms with Crippen LogP contribution in [0.1, 0.15) is 22.9 Å². The van der Waals surface area contributed by atoms with Crippen LogP contribution in [0.3, 0.4) is 0 Å². The first-order valence-electron chi connectivity index (χ1n) is 7.44. The summed E-state index contributed by atoms with van der Waals surface area (Å²) in [4.78, 5) is 3.44. The average Bonchev–Trinajstić information content (AvgIpc) is 3.04. The van der Waals surface area contributed by atoms with Gasteiger partial charge in [-0.1, -0.05) is 36.4 Å². The van der Waals surface area contributed by atoms with E-state index in [4.69, 9.17) is 12.2 Å². The van der Waals surface area contributed by atoms with Crippen molar-refractivity contribution in [1.29, 1.82) is 0 Å². The van der Waals surface area contributed by atoms with E-state index < -0.39 is 0 Å². The van der Waals surface area contributed by atoms with Crippen molar-refractivity contribution in [2.24, 2.45) is 0 Å². The highest BCUT2D eigenvalue weighted by Crippen LogP contribution is 2.25. The number of hydrogen-bond donors (Lipinski definition) is 2. The van der Waals surface area contributed by atoms with Gasteiger partial charge in [-0.15, -0.1) is 11.3 Å². The van der Waals surface area contributed by atoms with Crippen molar-refractivity contribution in [2.45, 2.75) is 12.5 Å². The number of thiophene rings is 1. The molecule has 1 heterocycles. The van der Waals surface area contributed by atoms with Crippen molar-refractivity contribution in [3.63, 3.8) is 0 Å². The molecule has 0 fully saturated rings. The highest BCUT2D eigenvalue weighted by molar-refractivity contribution is 7.80. The summed E-state index contributed by atoms with van der Waals surface area (Å²) in [6, 6.07) is 14.7. The van der Waals surface area contributed by atoms with E-state index >= 15 is 0 Å². The standard InChI is InChI=1S/C17H23N3S2/c1-20(2)12-7-11-18-17(21)19-16(15-10-6-13-22-15)14-8-4-3-5-9-14/h3-6,8-10,13,16H,7,11-12H2,1-2H3,(H2,18,19,21)/t16-/m1/s1. The topological polar surface area (TPSA) is 27.3 Å². The maximum absolute atomic E-state index is 5.45. The minimum Gasteiger partial charge on any atom is -0.363 e. The molecule has 2 N–H and O–H groups in total. The van der Waals surface area contributed by atoms with E-state index in [2.05, 4.69) is 71.4 Å². The fourth-order valence-electron chi connectivity index (χ4n) is 2.20. The van der Waals surface area contributed by atoms with Gasteiger partial charge >= 0.3 is 0 Å². The van der Waals surface area contributed by atoms with Crippen LogP contribution in [0.4, 0.5) is 0 Å². The largest absolute Gasteiger partial charge is 0.363 e. The van der Waals surface area contributed by atoms with E-state index in [0.717, 1.165) is 19.5 Å². The molecule has 22 heavy (non-hydrogen) atoms. The summed E-state index contributed by atoms with van der Waals surface area (Å²) < 4.78 is 0. The lowest BCUT2D eigenvalue weighted by Crippen LogP contribution is -2.38. The van der Waals surface area contributed by atoms with Crippen LogP contribution < -0.4 is 10.6 Å². The molecule has 118 valence electrons. The van der Waals surface area contributed by atoms with Crippen LogP contribution in [0.15, 0.2) is 47.8 Å². The summed E-state index contributed by atoms with van der Waals surface area (Å²) in [6.07, 6.45) is 1.07. The Kier molecular flexibility index (Phi) is 6.83. The predicted octanol–water partition coefficient (Wildman–Crippen LogP) is 3.25. The molecule has 0 aliphatic rings. The van der Waals surface area contributed by atoms with Crippen LogP contribution in [-0.2, 0) is 0 Å². The number of rotatable bonds is 7. The molecule has 0 aliphatic carbocycles. The Morgan fingerprint density at radius 2 is 1.95 bits per heavy atom. The third kappa shape index (κ3) is 5.40. The van der Waals surface area contributed by atoms with Gasteiger partial charge in [0.15, 0.2) is 5.11 Å². The SMILES string of the molecule is CN(C)CCCNC(=S)N[C@H](c1ccccc1)c1cccs1. The van der Waals surface area contributed by atoms with Gasteiger partial charge in [-0.25, -0.2) is 0 Å². The molecule has 0 bridgehead atoms. The summed E-state index contributed by atoms with van der Waals surface area (Å²) in [6.45, 7) is 1.94. The van der Waals surface area contributed by atoms with Crippen LogP contribution >= 0.6 is 23.6 Å². The number of thiocarbonyl (C=S) groups is 1. The molecular weight excluding hydrogens is 310 g/mol. The third-order valence-electron chi connectivity index (χ3n) is 3.30. The zero-order valence-electron chi connectivity index (χ0n) is 13.1. The molecule has 0 aliphatic heterocycles. The van der Waals surface area contributed by atoms with E-state index in [1.54, 1.807) is 11.3 Å². The minimum atomic E-state index is 0.107. The van der Waals surface area contributed by atoms with Gasteiger partial charge in [-0.05, 0) is 56.3 Å². The smallest absolute Gasteiger partial charge is 0.167 e. The van der Waals surface area contributed by atoms with Crippen LogP contribution in [0.25, 0.3) is 0 Å². The van der Waals surface area contributed by atoms with Crippen LogP contribution in [0.2, 0.25) is 0 Å². The van der Waals surface area contributed by atoms with Gasteiger partial charge in [-0.2, -0.15) is 0 Å². The summed E-state index contributed by atoms with van der Waals surface area (Å²) >= 11 is 7.20. The van der Waals surface area contributed by atoms with Crippen molar-refractivity contribution in [1.82, 2.24) is 15.5 Å². The van der Waals surface area contributed by atoms with E-state index in [9.17, 15) is 0 Å². The van der Waals surface area contributed by atoms with Gasteiger partial charge < -0.3 is 15.5 Å². The first-order chi connectivity index (χ1) is 10.7. The summed E-state index contributed by atoms with van der Waals surface area (Å²) in [7, 11) is 4.16. The normalized spacial score (nSPS) is 12.1. The molecule has 0 saturated carbocycles. The van der Waals surface area contributed by atoms with Gasteiger partial charge in [0.05, 0.1) is 6.04 Å². The van der Waals surface area contributed by atoms with Crippen molar-refractivity contribution >= 4 is 28.7 Å². The fourth-order valence-corrected chi connectivity index (χ4v) is 3.22. The van der Waals surface area contributed by atoms with Crippen molar-refractivity contribution in [2.75, 3.05) is 27.2 Å². The quantitative estimate of drug-likeness (QED) is 0.601. The maximum atomic E-state index is 5.45. The summed E-state index contributed by atoms with van der Waals surface area (Å²) in [5.74, 6) is 0. The molecule has 0 amide bonds. The molecule has 1 atom stereocenters. The molecule has 2 rings (SSSR count). The van der Waals surface area contributed by atoms with E-state index in [1.165, 1.54) is 10.4 Å². The molecule has 5 heteroatoms. The highest BCUT2D eigenvalue weighted by atomic mass is 32.1. The first-order valence-corrected chi connectivity index (χ1v) is 8.73. The van der Waals surface area contributed by atoms with Crippen LogP contribution in [0, 0.1) is 0 Å². The second kappa shape index (κ2) is 8.88. The monoisotopic (exact) mass is 333 g/mol. The molecule has 0 unspecified atom stereocenters. The molecule has 1 aromatic heterocycles. The van der Waals surface area contributed by atoms with Gasteiger partial charge in [0, 0.05) is 11.4 Å². The molecular formula is C17H23N3S2. The van der Waals surface area contributed by atoms with Gasteiger partial charge in [0.25, 0.3) is 0 Å². The van der Waals surface area contributed by atoms with Crippen molar-refractivity contribution < 1.29 is 0 Å². The zero-order chi connectivity index (χ0) is 15.8. The number of nitrogens with one attached hydrogen (secondary N) is 2. The second-order valence-corrected chi connectivity index (χ2v) is 6.80. The second-order valence-electron chi connectivity index (χ2n) is 5.42. The van der Waals surface area contributed by atoms with Crippen LogP contribution in [0.5, 0.6) is 0 Å². The lowest BCUT2D eigenvalue weighted by Gasteiger charge is -2.20. The van der Waals surface area contributed by atoms with Gasteiger partial charge in [0.2, 0.25) is 0 Å². The van der Waals surface area contributed by atoms with E-state index in [-0.39, 0.29) is 6.04 Å². The molecule has 1 aromatic carbocycles. The van der Waals surface area contributed by atoms with Gasteiger partial charge in [0.1, 0.15) is 0 Å². The lowest BCUT2D eigenvalue weighted by atomic mass is 10.1. The number of benzene rings is 1. The average molecular weight is 334 g/mol. The van der Waals surface area contributed by atoms with Crippen LogP contribution in [-0.4, -0.2) is 37.2 Å². The molecule has 2 aromatic rings. The number of nitrogens with zero attached hydrogens (tertiary/aromatic N) is 1. The highest BCUT2D eigenvalue weighted by Gasteiger charge is 2.15. The maximum Gasteiger partial charge on any atom is 0.167 e. The summed E-state index contributed by atoms with van der Waals surface area (Å²) in [5, 5.41) is 9.55. The fraction of sp³-hybridized carbons (Fsp3) is 0.353. The Hall–Kier alpha value is -1.43. The minimum absolute atomic E-state index is 0.107. The Labute approximate surface area is 142 Å². The number of hydrogen-bond acceptors (Lipinski definition) is 3.